The topological polar surface area (TPSA) is 83.7 Å². The molecule has 0 aliphatic carbocycles. The number of carbonyl (C=O) groups excluding carboxylic acids is 3. The number of anilines is 1. The van der Waals surface area contributed by atoms with Crippen LogP contribution in [0.15, 0.2) is 28.8 Å². The van der Waals surface area contributed by atoms with Gasteiger partial charge in [0.1, 0.15) is 5.76 Å². The number of rotatable bonds is 2. The molecule has 3 heterocycles. The largest absolute Gasteiger partial charge is 0.360 e. The summed E-state index contributed by atoms with van der Waals surface area (Å²) in [7, 11) is 0. The zero-order valence-corrected chi connectivity index (χ0v) is 14.7. The van der Waals surface area contributed by atoms with Crippen molar-refractivity contribution in [1.29, 1.82) is 0 Å². The highest BCUT2D eigenvalue weighted by atomic mass is 16.5. The van der Waals surface area contributed by atoms with Gasteiger partial charge in [-0.2, -0.15) is 0 Å². The van der Waals surface area contributed by atoms with E-state index in [0.29, 0.717) is 30.3 Å². The normalized spacial score (nSPS) is 17.8. The van der Waals surface area contributed by atoms with Crippen molar-refractivity contribution >= 4 is 23.5 Å². The molecule has 0 bridgehead atoms. The first kappa shape index (κ1) is 16.5. The predicted octanol–water partition coefficient (Wildman–Crippen LogP) is 2.66. The van der Waals surface area contributed by atoms with Crippen LogP contribution in [0.3, 0.4) is 0 Å². The van der Waals surface area contributed by atoms with Crippen LogP contribution in [-0.2, 0) is 0 Å². The number of amides is 3. The van der Waals surface area contributed by atoms with E-state index in [1.54, 1.807) is 19.1 Å². The molecule has 4 rings (SSSR count). The van der Waals surface area contributed by atoms with Crippen molar-refractivity contribution in [2.45, 2.75) is 26.7 Å². The molecule has 0 unspecified atom stereocenters. The summed E-state index contributed by atoms with van der Waals surface area (Å²) in [6.45, 7) is 5.30. The predicted molar refractivity (Wildman–Crippen MR) is 93.1 cm³/mol. The van der Waals surface area contributed by atoms with E-state index in [9.17, 15) is 14.4 Å². The van der Waals surface area contributed by atoms with Crippen LogP contribution >= 0.6 is 0 Å². The van der Waals surface area contributed by atoms with E-state index in [2.05, 4.69) is 12.1 Å². The van der Waals surface area contributed by atoms with Crippen LogP contribution in [-0.4, -0.2) is 40.9 Å². The molecule has 1 aromatic heterocycles. The summed E-state index contributed by atoms with van der Waals surface area (Å²) < 4.78 is 4.97. The van der Waals surface area contributed by atoms with Gasteiger partial charge >= 0.3 is 0 Å². The summed E-state index contributed by atoms with van der Waals surface area (Å²) in [5, 5.41) is 3.75. The van der Waals surface area contributed by atoms with Crippen LogP contribution in [0.1, 0.15) is 56.6 Å². The maximum absolute atomic E-state index is 12.7. The van der Waals surface area contributed by atoms with Crippen molar-refractivity contribution in [2.24, 2.45) is 5.92 Å². The van der Waals surface area contributed by atoms with Crippen LogP contribution in [0.25, 0.3) is 0 Å². The fourth-order valence-electron chi connectivity index (χ4n) is 3.43. The molecule has 2 aromatic rings. The Labute approximate surface area is 150 Å². The van der Waals surface area contributed by atoms with Crippen molar-refractivity contribution in [3.63, 3.8) is 0 Å². The van der Waals surface area contributed by atoms with Crippen molar-refractivity contribution in [1.82, 2.24) is 10.1 Å². The van der Waals surface area contributed by atoms with Crippen molar-refractivity contribution in [2.75, 3.05) is 18.0 Å². The molecule has 0 N–H and O–H groups in total. The number of imide groups is 1. The lowest BCUT2D eigenvalue weighted by Crippen LogP contribution is -2.38. The van der Waals surface area contributed by atoms with Gasteiger partial charge in [-0.3, -0.25) is 14.4 Å². The second-order valence-corrected chi connectivity index (χ2v) is 6.98. The Kier molecular flexibility index (Phi) is 3.86. The number of likely N-dealkylation sites (tertiary alicyclic amines) is 1. The first-order chi connectivity index (χ1) is 12.5. The van der Waals surface area contributed by atoms with Crippen LogP contribution in [0.5, 0.6) is 0 Å². The van der Waals surface area contributed by atoms with E-state index in [0.717, 1.165) is 17.7 Å². The van der Waals surface area contributed by atoms with Gasteiger partial charge in [0, 0.05) is 24.7 Å². The minimum Gasteiger partial charge on any atom is -0.360 e. The summed E-state index contributed by atoms with van der Waals surface area (Å²) in [5.74, 6) is 0.246. The summed E-state index contributed by atoms with van der Waals surface area (Å²) in [6, 6.07) is 6.20. The minimum absolute atomic E-state index is 0.101. The number of piperidine rings is 1. The van der Waals surface area contributed by atoms with E-state index in [1.165, 1.54) is 12.1 Å². The molecule has 1 aromatic carbocycles. The van der Waals surface area contributed by atoms with Crippen LogP contribution in [0.4, 0.5) is 5.82 Å². The molecular weight excluding hydrogens is 334 g/mol. The summed E-state index contributed by atoms with van der Waals surface area (Å²) in [5.41, 5.74) is 0.934. The Morgan fingerprint density at radius 1 is 1.12 bits per heavy atom. The van der Waals surface area contributed by atoms with Gasteiger partial charge in [0.25, 0.3) is 17.7 Å². The van der Waals surface area contributed by atoms with Crippen LogP contribution < -0.4 is 4.90 Å². The van der Waals surface area contributed by atoms with E-state index >= 15 is 0 Å². The van der Waals surface area contributed by atoms with Crippen LogP contribution in [0, 0.1) is 12.8 Å². The Bertz CT molecular complexity index is 909. The number of aryl methyl sites for hydroxylation is 1. The smallest absolute Gasteiger partial charge is 0.267 e. The Balaban J connectivity index is 1.63. The first-order valence-electron chi connectivity index (χ1n) is 8.71. The van der Waals surface area contributed by atoms with E-state index in [-0.39, 0.29) is 22.9 Å². The highest BCUT2D eigenvalue weighted by Crippen LogP contribution is 2.29. The summed E-state index contributed by atoms with van der Waals surface area (Å²) >= 11 is 0. The van der Waals surface area contributed by atoms with E-state index in [1.807, 2.05) is 4.90 Å². The molecular formula is C19H19N3O4. The monoisotopic (exact) mass is 353 g/mol. The summed E-state index contributed by atoms with van der Waals surface area (Å²) in [6.07, 6.45) is 1.96. The SMILES string of the molecule is Cc1cc(N2C(=O)c3ccc(C(=O)N4CCC(C)CC4)cc3C2=O)no1. The van der Waals surface area contributed by atoms with E-state index in [4.69, 9.17) is 4.52 Å². The van der Waals surface area contributed by atoms with Gasteiger partial charge in [0.2, 0.25) is 0 Å². The lowest BCUT2D eigenvalue weighted by molar-refractivity contribution is 0.0697. The zero-order valence-electron chi connectivity index (χ0n) is 14.7. The van der Waals surface area contributed by atoms with Gasteiger partial charge in [-0.15, -0.1) is 0 Å². The number of aromatic nitrogens is 1. The van der Waals surface area contributed by atoms with Gasteiger partial charge in [-0.25, -0.2) is 4.90 Å². The minimum atomic E-state index is -0.486. The number of hydrogen-bond acceptors (Lipinski definition) is 5. The molecule has 0 atom stereocenters. The number of nitrogens with zero attached hydrogens (tertiary/aromatic N) is 3. The van der Waals surface area contributed by atoms with Crippen molar-refractivity contribution in [3.05, 3.63) is 46.7 Å². The molecule has 1 saturated heterocycles. The first-order valence-corrected chi connectivity index (χ1v) is 8.71. The molecule has 26 heavy (non-hydrogen) atoms. The fraction of sp³-hybridized carbons (Fsp3) is 0.368. The molecule has 2 aliphatic heterocycles. The molecule has 7 heteroatoms. The maximum atomic E-state index is 12.7. The quantitative estimate of drug-likeness (QED) is 0.775. The number of hydrogen-bond donors (Lipinski definition) is 0. The van der Waals surface area contributed by atoms with Crippen molar-refractivity contribution < 1.29 is 18.9 Å². The molecule has 0 radical (unpaired) electrons. The summed E-state index contributed by atoms with van der Waals surface area (Å²) in [4.78, 5) is 40.8. The molecule has 0 spiro atoms. The van der Waals surface area contributed by atoms with Crippen molar-refractivity contribution in [3.8, 4) is 0 Å². The van der Waals surface area contributed by atoms with Gasteiger partial charge in [-0.1, -0.05) is 12.1 Å². The number of fused-ring (bicyclic) bond motifs is 1. The third-order valence-electron chi connectivity index (χ3n) is 5.05. The highest BCUT2D eigenvalue weighted by Gasteiger charge is 2.39. The Hall–Kier alpha value is -2.96. The number of benzene rings is 1. The van der Waals surface area contributed by atoms with Crippen LogP contribution in [0.2, 0.25) is 0 Å². The lowest BCUT2D eigenvalue weighted by atomic mass is 9.98. The third kappa shape index (κ3) is 2.60. The third-order valence-corrected chi connectivity index (χ3v) is 5.05. The second kappa shape index (κ2) is 6.09. The standard InChI is InChI=1S/C19H19N3O4/c1-11-5-7-21(8-6-11)17(23)13-3-4-14-15(10-13)19(25)22(18(14)24)16-9-12(2)26-20-16/h3-4,9-11H,5-8H2,1-2H3. The molecule has 134 valence electrons. The zero-order chi connectivity index (χ0) is 18.4. The second-order valence-electron chi connectivity index (χ2n) is 6.98. The van der Waals surface area contributed by atoms with E-state index < -0.39 is 11.8 Å². The fourth-order valence-corrected chi connectivity index (χ4v) is 3.43. The van der Waals surface area contributed by atoms with Gasteiger partial charge in [0.15, 0.2) is 5.82 Å². The number of carbonyl (C=O) groups is 3. The van der Waals surface area contributed by atoms with Gasteiger partial charge in [0.05, 0.1) is 11.1 Å². The average molecular weight is 353 g/mol. The lowest BCUT2D eigenvalue weighted by Gasteiger charge is -2.30. The Morgan fingerprint density at radius 3 is 2.46 bits per heavy atom. The molecule has 1 fully saturated rings. The maximum Gasteiger partial charge on any atom is 0.267 e. The Morgan fingerprint density at radius 2 is 1.81 bits per heavy atom. The van der Waals surface area contributed by atoms with Gasteiger partial charge in [-0.05, 0) is 43.9 Å². The highest BCUT2D eigenvalue weighted by molar-refractivity contribution is 6.34. The molecule has 7 nitrogen and oxygen atoms in total. The van der Waals surface area contributed by atoms with Gasteiger partial charge < -0.3 is 9.42 Å². The molecule has 3 amide bonds. The molecule has 2 aliphatic rings. The molecule has 0 saturated carbocycles. The average Bonchev–Trinajstić information content (AvgIpc) is 3.16.